The molecule has 0 unspecified atom stereocenters. The van der Waals surface area contributed by atoms with Crippen LogP contribution < -0.4 is 21.1 Å². The van der Waals surface area contributed by atoms with Crippen molar-refractivity contribution in [3.05, 3.63) is 18.0 Å². The average molecular weight is 345 g/mol. The van der Waals surface area contributed by atoms with E-state index in [1.54, 1.807) is 9.80 Å². The van der Waals surface area contributed by atoms with Crippen molar-refractivity contribution in [2.45, 2.75) is 12.2 Å². The largest absolute Gasteiger partial charge is 0.433 e. The number of nitrogens with one attached hydrogen (secondary N) is 3. The first kappa shape index (κ1) is 16.7. The number of nitrogens with zero attached hydrogens (tertiary/aromatic N) is 4. The van der Waals surface area contributed by atoms with Gasteiger partial charge in [0, 0.05) is 45.5 Å². The number of hydrogen-bond acceptors (Lipinski definition) is 6. The Balaban J connectivity index is 1.56. The Morgan fingerprint density at radius 2 is 1.88 bits per heavy atom. The highest BCUT2D eigenvalue weighted by atomic mass is 19.4. The molecule has 3 rings (SSSR count). The summed E-state index contributed by atoms with van der Waals surface area (Å²) < 4.78 is 38.1. The Kier molecular flexibility index (Phi) is 4.71. The monoisotopic (exact) mass is 345 g/mol. The van der Waals surface area contributed by atoms with Gasteiger partial charge in [-0.2, -0.15) is 13.2 Å². The highest BCUT2D eigenvalue weighted by molar-refractivity contribution is 5.75. The zero-order valence-electron chi connectivity index (χ0n) is 12.8. The molecule has 1 aromatic rings. The van der Waals surface area contributed by atoms with Crippen LogP contribution in [0.3, 0.4) is 0 Å². The molecule has 8 nitrogen and oxygen atoms in total. The molecule has 24 heavy (non-hydrogen) atoms. The smallest absolute Gasteiger partial charge is 0.337 e. The second-order valence-corrected chi connectivity index (χ2v) is 5.62. The Morgan fingerprint density at radius 3 is 2.50 bits per heavy atom. The molecule has 0 saturated carbocycles. The highest BCUT2D eigenvalue weighted by Crippen LogP contribution is 2.28. The molecular formula is C13H18F3N7O. The van der Waals surface area contributed by atoms with Crippen molar-refractivity contribution in [3.63, 3.8) is 0 Å². The normalized spacial score (nSPS) is 19.6. The summed E-state index contributed by atoms with van der Waals surface area (Å²) in [5.74, 6) is 0.0362. The van der Waals surface area contributed by atoms with Crippen molar-refractivity contribution in [2.75, 3.05) is 44.2 Å². The Labute approximate surface area is 136 Å². The Morgan fingerprint density at radius 1 is 1.21 bits per heavy atom. The summed E-state index contributed by atoms with van der Waals surface area (Å²) in [4.78, 5) is 22.9. The molecule has 0 atom stereocenters. The van der Waals surface area contributed by atoms with Gasteiger partial charge in [-0.15, -0.1) is 0 Å². The first-order valence-electron chi connectivity index (χ1n) is 7.60. The van der Waals surface area contributed by atoms with Crippen molar-refractivity contribution < 1.29 is 18.0 Å². The van der Waals surface area contributed by atoms with Gasteiger partial charge in [0.05, 0.1) is 6.04 Å². The van der Waals surface area contributed by atoms with Crippen molar-refractivity contribution in [3.8, 4) is 0 Å². The van der Waals surface area contributed by atoms with Gasteiger partial charge < -0.3 is 15.1 Å². The molecule has 1 aromatic heterocycles. The number of carbonyl (C=O) groups is 1. The molecule has 0 radical (unpaired) electrons. The predicted octanol–water partition coefficient (Wildman–Crippen LogP) is -0.197. The number of halogens is 3. The second kappa shape index (κ2) is 6.77. The molecule has 3 N–H and O–H groups in total. The van der Waals surface area contributed by atoms with E-state index in [0.717, 1.165) is 12.3 Å². The quantitative estimate of drug-likeness (QED) is 0.689. The van der Waals surface area contributed by atoms with Gasteiger partial charge in [0.2, 0.25) is 5.95 Å². The number of anilines is 1. The third kappa shape index (κ3) is 3.85. The van der Waals surface area contributed by atoms with Crippen LogP contribution in [0.5, 0.6) is 0 Å². The number of amides is 2. The van der Waals surface area contributed by atoms with E-state index in [4.69, 9.17) is 0 Å². The van der Waals surface area contributed by atoms with E-state index in [9.17, 15) is 18.0 Å². The first-order chi connectivity index (χ1) is 11.4. The molecule has 2 saturated heterocycles. The fraction of sp³-hybridized carbons (Fsp3) is 0.615. The van der Waals surface area contributed by atoms with Crippen LogP contribution in [0.2, 0.25) is 0 Å². The number of aromatic nitrogens is 2. The van der Waals surface area contributed by atoms with Crippen LogP contribution in [0.15, 0.2) is 12.3 Å². The van der Waals surface area contributed by atoms with Crippen LogP contribution in [0.1, 0.15) is 5.69 Å². The Bertz CT molecular complexity index is 583. The summed E-state index contributed by atoms with van der Waals surface area (Å²) in [5.41, 5.74) is 4.89. The van der Waals surface area contributed by atoms with Gasteiger partial charge in [0.15, 0.2) is 0 Å². The van der Waals surface area contributed by atoms with E-state index in [-0.39, 0.29) is 18.0 Å². The minimum absolute atomic E-state index is 0.0299. The molecule has 0 aromatic carbocycles. The molecule has 2 aliphatic heterocycles. The van der Waals surface area contributed by atoms with E-state index in [1.165, 1.54) is 0 Å². The first-order valence-corrected chi connectivity index (χ1v) is 7.60. The summed E-state index contributed by atoms with van der Waals surface area (Å²) in [6, 6.07) is 0.703. The summed E-state index contributed by atoms with van der Waals surface area (Å²) in [5, 5.41) is 2.90. The van der Waals surface area contributed by atoms with E-state index >= 15 is 0 Å². The van der Waals surface area contributed by atoms with Gasteiger partial charge in [0.1, 0.15) is 5.69 Å². The number of alkyl halides is 3. The number of hydrazine groups is 1. The SMILES string of the molecule is O=C(NC1CNNC1)N1CCN(c2nccc(C(F)(F)F)n2)CC1. The summed E-state index contributed by atoms with van der Waals surface area (Å²) in [7, 11) is 0. The molecule has 3 heterocycles. The molecule has 0 aliphatic carbocycles. The lowest BCUT2D eigenvalue weighted by molar-refractivity contribution is -0.141. The maximum Gasteiger partial charge on any atom is 0.433 e. The molecule has 2 aliphatic rings. The van der Waals surface area contributed by atoms with Crippen molar-refractivity contribution in [1.82, 2.24) is 31.0 Å². The van der Waals surface area contributed by atoms with Crippen molar-refractivity contribution >= 4 is 12.0 Å². The van der Waals surface area contributed by atoms with Crippen LogP contribution in [-0.4, -0.2) is 66.2 Å². The predicted molar refractivity (Wildman–Crippen MR) is 79.1 cm³/mol. The maximum atomic E-state index is 12.7. The Hall–Kier alpha value is -2.14. The molecule has 11 heteroatoms. The van der Waals surface area contributed by atoms with Gasteiger partial charge >= 0.3 is 12.2 Å². The second-order valence-electron chi connectivity index (χ2n) is 5.62. The van der Waals surface area contributed by atoms with E-state index in [1.807, 2.05) is 0 Å². The molecule has 2 fully saturated rings. The van der Waals surface area contributed by atoms with Gasteiger partial charge in [0.25, 0.3) is 0 Å². The minimum atomic E-state index is -4.50. The number of rotatable bonds is 2. The standard InChI is InChI=1S/C13H18F3N7O/c14-13(15,16)10-1-2-17-11(21-10)22-3-5-23(6-4-22)12(24)20-9-7-18-19-8-9/h1-2,9,18-19H,3-8H2,(H,20,24). The number of piperazine rings is 1. The van der Waals surface area contributed by atoms with Crippen LogP contribution >= 0.6 is 0 Å². The lowest BCUT2D eigenvalue weighted by Crippen LogP contribution is -2.54. The zero-order chi connectivity index (χ0) is 17.2. The summed E-state index contributed by atoms with van der Waals surface area (Å²) >= 11 is 0. The third-order valence-electron chi connectivity index (χ3n) is 3.93. The molecular weight excluding hydrogens is 327 g/mol. The lowest BCUT2D eigenvalue weighted by atomic mass is 10.3. The van der Waals surface area contributed by atoms with Crippen LogP contribution in [-0.2, 0) is 6.18 Å². The zero-order valence-corrected chi connectivity index (χ0v) is 12.8. The van der Waals surface area contributed by atoms with Crippen LogP contribution in [0.4, 0.5) is 23.9 Å². The maximum absolute atomic E-state index is 12.7. The van der Waals surface area contributed by atoms with Crippen molar-refractivity contribution in [2.24, 2.45) is 0 Å². The van der Waals surface area contributed by atoms with Gasteiger partial charge in [-0.05, 0) is 6.07 Å². The molecule has 0 spiro atoms. The number of urea groups is 1. The fourth-order valence-corrected chi connectivity index (χ4v) is 2.60. The van der Waals surface area contributed by atoms with Crippen molar-refractivity contribution in [1.29, 1.82) is 0 Å². The van der Waals surface area contributed by atoms with E-state index in [0.29, 0.717) is 39.3 Å². The minimum Gasteiger partial charge on any atom is -0.337 e. The fourth-order valence-electron chi connectivity index (χ4n) is 2.60. The summed E-state index contributed by atoms with van der Waals surface area (Å²) in [6.45, 7) is 2.89. The van der Waals surface area contributed by atoms with E-state index in [2.05, 4.69) is 26.1 Å². The molecule has 2 amide bonds. The average Bonchev–Trinajstić information content (AvgIpc) is 3.07. The third-order valence-corrected chi connectivity index (χ3v) is 3.93. The number of hydrogen-bond donors (Lipinski definition) is 3. The van der Waals surface area contributed by atoms with Gasteiger partial charge in [-0.3, -0.25) is 10.9 Å². The number of carbonyl (C=O) groups excluding carboxylic acids is 1. The lowest BCUT2D eigenvalue weighted by Gasteiger charge is -2.35. The van der Waals surface area contributed by atoms with Crippen LogP contribution in [0.25, 0.3) is 0 Å². The molecule has 0 bridgehead atoms. The van der Waals surface area contributed by atoms with Gasteiger partial charge in [-0.1, -0.05) is 0 Å². The highest BCUT2D eigenvalue weighted by Gasteiger charge is 2.33. The topological polar surface area (TPSA) is 85.4 Å². The molecule has 132 valence electrons. The summed E-state index contributed by atoms with van der Waals surface area (Å²) in [6.07, 6.45) is -3.40. The van der Waals surface area contributed by atoms with Gasteiger partial charge in [-0.25, -0.2) is 14.8 Å². The van der Waals surface area contributed by atoms with Crippen LogP contribution in [0, 0.1) is 0 Å². The van der Waals surface area contributed by atoms with E-state index < -0.39 is 11.9 Å².